The molecule has 0 fully saturated rings. The summed E-state index contributed by atoms with van der Waals surface area (Å²) in [6, 6.07) is 2.33. The summed E-state index contributed by atoms with van der Waals surface area (Å²) in [5.74, 6) is -1.95. The molecule has 0 aromatic heterocycles. The second-order valence-corrected chi connectivity index (χ2v) is 5.32. The Morgan fingerprint density at radius 3 is 2.40 bits per heavy atom. The molecular weight excluding hydrogens is 288 g/mol. The van der Waals surface area contributed by atoms with E-state index in [2.05, 4.69) is 5.32 Å². The van der Waals surface area contributed by atoms with Crippen molar-refractivity contribution in [3.05, 3.63) is 35.4 Å². The Hall–Kier alpha value is -1.63. The van der Waals surface area contributed by atoms with E-state index in [1.54, 1.807) is 0 Å². The number of benzene rings is 1. The van der Waals surface area contributed by atoms with Crippen LogP contribution in [0.3, 0.4) is 0 Å². The van der Waals surface area contributed by atoms with Crippen LogP contribution in [0, 0.1) is 11.6 Å². The zero-order chi connectivity index (χ0) is 15.1. The van der Waals surface area contributed by atoms with Gasteiger partial charge in [-0.3, -0.25) is 4.79 Å². The zero-order valence-corrected chi connectivity index (χ0v) is 11.7. The number of amides is 1. The number of rotatable bonds is 7. The molecule has 0 saturated carbocycles. The lowest BCUT2D eigenvalue weighted by Crippen LogP contribution is -2.39. The number of nitrogens with one attached hydrogen (secondary N) is 1. The first-order valence-corrected chi connectivity index (χ1v) is 7.06. The molecule has 0 heterocycles. The molecule has 2 N–H and O–H groups in total. The topological polar surface area (TPSA) is 66.4 Å². The normalized spacial score (nSPS) is 11.9. The molecule has 1 aromatic rings. The predicted octanol–water partition coefficient (Wildman–Crippen LogP) is 2.18. The van der Waals surface area contributed by atoms with Crippen molar-refractivity contribution in [1.29, 1.82) is 0 Å². The van der Waals surface area contributed by atoms with Crippen LogP contribution >= 0.6 is 11.8 Å². The SMILES string of the molecule is CC(=O)NC(CCSCc1cc(F)cc(F)c1)C(=O)O. The van der Waals surface area contributed by atoms with Crippen LogP contribution in [-0.2, 0) is 15.3 Å². The monoisotopic (exact) mass is 303 g/mol. The Bertz CT molecular complexity index is 476. The van der Waals surface area contributed by atoms with E-state index in [9.17, 15) is 18.4 Å². The molecule has 0 aliphatic carbocycles. The van der Waals surface area contributed by atoms with Gasteiger partial charge in [-0.2, -0.15) is 11.8 Å². The molecule has 1 rings (SSSR count). The van der Waals surface area contributed by atoms with Crippen LogP contribution in [0.5, 0.6) is 0 Å². The minimum atomic E-state index is -1.10. The van der Waals surface area contributed by atoms with Gasteiger partial charge >= 0.3 is 5.97 Å². The fraction of sp³-hybridized carbons (Fsp3) is 0.385. The Morgan fingerprint density at radius 1 is 1.30 bits per heavy atom. The maximum Gasteiger partial charge on any atom is 0.326 e. The number of carboxylic acids is 1. The van der Waals surface area contributed by atoms with Crippen molar-refractivity contribution in [3.8, 4) is 0 Å². The van der Waals surface area contributed by atoms with Gasteiger partial charge in [-0.25, -0.2) is 13.6 Å². The molecule has 0 aliphatic heterocycles. The molecule has 0 saturated heterocycles. The molecule has 0 radical (unpaired) electrons. The molecule has 1 aromatic carbocycles. The number of aliphatic carboxylic acids is 1. The highest BCUT2D eigenvalue weighted by atomic mass is 32.2. The summed E-state index contributed by atoms with van der Waals surface area (Å²) >= 11 is 1.35. The third-order valence-electron chi connectivity index (χ3n) is 2.42. The van der Waals surface area contributed by atoms with Gasteiger partial charge in [0.15, 0.2) is 0 Å². The van der Waals surface area contributed by atoms with Gasteiger partial charge < -0.3 is 10.4 Å². The van der Waals surface area contributed by atoms with E-state index >= 15 is 0 Å². The van der Waals surface area contributed by atoms with Crippen molar-refractivity contribution >= 4 is 23.6 Å². The Morgan fingerprint density at radius 2 is 1.90 bits per heavy atom. The summed E-state index contributed by atoms with van der Waals surface area (Å²) in [7, 11) is 0. The lowest BCUT2D eigenvalue weighted by molar-refractivity contribution is -0.141. The standard InChI is InChI=1S/C13H15F2NO3S/c1-8(17)16-12(13(18)19)2-3-20-7-9-4-10(14)6-11(15)5-9/h4-6,12H,2-3,7H2,1H3,(H,16,17)(H,18,19). The minimum absolute atomic E-state index is 0.247. The largest absolute Gasteiger partial charge is 0.480 e. The van der Waals surface area contributed by atoms with Crippen molar-refractivity contribution in [1.82, 2.24) is 5.32 Å². The van der Waals surface area contributed by atoms with E-state index in [4.69, 9.17) is 5.11 Å². The second kappa shape index (κ2) is 7.84. The first-order chi connectivity index (χ1) is 9.38. The van der Waals surface area contributed by atoms with Crippen LogP contribution in [0.25, 0.3) is 0 Å². The highest BCUT2D eigenvalue weighted by Crippen LogP contribution is 2.16. The molecule has 20 heavy (non-hydrogen) atoms. The van der Waals surface area contributed by atoms with Crippen molar-refractivity contribution in [2.75, 3.05) is 5.75 Å². The van der Waals surface area contributed by atoms with Gasteiger partial charge in [-0.15, -0.1) is 0 Å². The fourth-order valence-electron chi connectivity index (χ4n) is 1.59. The average molecular weight is 303 g/mol. The lowest BCUT2D eigenvalue weighted by Gasteiger charge is -2.12. The van der Waals surface area contributed by atoms with Crippen LogP contribution in [0.15, 0.2) is 18.2 Å². The Kier molecular flexibility index (Phi) is 6.44. The third kappa shape index (κ3) is 6.01. The Labute approximate surface area is 119 Å². The van der Waals surface area contributed by atoms with Gasteiger partial charge in [0.1, 0.15) is 17.7 Å². The fourth-order valence-corrected chi connectivity index (χ4v) is 2.54. The van der Waals surface area contributed by atoms with Crippen molar-refractivity contribution in [2.45, 2.75) is 25.1 Å². The summed E-state index contributed by atoms with van der Waals surface area (Å²) in [6.45, 7) is 1.25. The molecule has 110 valence electrons. The lowest BCUT2D eigenvalue weighted by atomic mass is 10.2. The third-order valence-corrected chi connectivity index (χ3v) is 3.48. The number of carboxylic acid groups (broad SMARTS) is 1. The minimum Gasteiger partial charge on any atom is -0.480 e. The van der Waals surface area contributed by atoms with Crippen LogP contribution in [0.1, 0.15) is 18.9 Å². The van der Waals surface area contributed by atoms with E-state index in [0.717, 1.165) is 6.07 Å². The summed E-state index contributed by atoms with van der Waals surface area (Å²) in [6.07, 6.45) is 0.247. The second-order valence-electron chi connectivity index (χ2n) is 4.21. The first kappa shape index (κ1) is 16.4. The molecule has 1 unspecified atom stereocenters. The average Bonchev–Trinajstić information content (AvgIpc) is 2.31. The predicted molar refractivity (Wildman–Crippen MR) is 72.4 cm³/mol. The molecule has 1 atom stereocenters. The van der Waals surface area contributed by atoms with Crippen LogP contribution < -0.4 is 5.32 Å². The molecule has 1 amide bonds. The maximum atomic E-state index is 12.9. The van der Waals surface area contributed by atoms with E-state index in [1.807, 2.05) is 0 Å². The number of carbonyl (C=O) groups excluding carboxylic acids is 1. The number of hydrogen-bond acceptors (Lipinski definition) is 3. The highest BCUT2D eigenvalue weighted by molar-refractivity contribution is 7.98. The van der Waals surface area contributed by atoms with Gasteiger partial charge in [0, 0.05) is 18.7 Å². The van der Waals surface area contributed by atoms with Crippen LogP contribution in [0.4, 0.5) is 8.78 Å². The molecule has 0 bridgehead atoms. The van der Waals surface area contributed by atoms with Gasteiger partial charge in [0.25, 0.3) is 0 Å². The Balaban J connectivity index is 2.39. The summed E-state index contributed by atoms with van der Waals surface area (Å²) in [5.41, 5.74) is 0.499. The first-order valence-electron chi connectivity index (χ1n) is 5.91. The molecule has 7 heteroatoms. The smallest absolute Gasteiger partial charge is 0.326 e. The van der Waals surface area contributed by atoms with E-state index in [-0.39, 0.29) is 6.42 Å². The molecule has 0 aliphatic rings. The quantitative estimate of drug-likeness (QED) is 0.758. The van der Waals surface area contributed by atoms with Gasteiger partial charge in [0.2, 0.25) is 5.91 Å². The molecule has 0 spiro atoms. The van der Waals surface area contributed by atoms with E-state index in [1.165, 1.54) is 30.8 Å². The van der Waals surface area contributed by atoms with Gasteiger partial charge in [0.05, 0.1) is 0 Å². The van der Waals surface area contributed by atoms with Crippen molar-refractivity contribution in [3.63, 3.8) is 0 Å². The number of carbonyl (C=O) groups is 2. The zero-order valence-electron chi connectivity index (χ0n) is 10.9. The summed E-state index contributed by atoms with van der Waals surface area (Å²) in [4.78, 5) is 21.7. The van der Waals surface area contributed by atoms with Crippen LogP contribution in [-0.4, -0.2) is 28.8 Å². The van der Waals surface area contributed by atoms with Crippen LogP contribution in [0.2, 0.25) is 0 Å². The van der Waals surface area contributed by atoms with Gasteiger partial charge in [-0.05, 0) is 29.9 Å². The summed E-state index contributed by atoms with van der Waals surface area (Å²) in [5, 5.41) is 11.2. The highest BCUT2D eigenvalue weighted by Gasteiger charge is 2.17. The maximum absolute atomic E-state index is 12.9. The van der Waals surface area contributed by atoms with E-state index < -0.39 is 29.6 Å². The van der Waals surface area contributed by atoms with Gasteiger partial charge in [-0.1, -0.05) is 0 Å². The number of thioether (sulfide) groups is 1. The van der Waals surface area contributed by atoms with Crippen molar-refractivity contribution < 1.29 is 23.5 Å². The molecular formula is C13H15F2NO3S. The van der Waals surface area contributed by atoms with E-state index in [0.29, 0.717) is 17.1 Å². The number of halogens is 2. The molecule has 4 nitrogen and oxygen atoms in total. The van der Waals surface area contributed by atoms with Crippen molar-refractivity contribution in [2.24, 2.45) is 0 Å². The number of hydrogen-bond donors (Lipinski definition) is 2. The summed E-state index contributed by atoms with van der Waals surface area (Å²) < 4.78 is 25.9.